The fourth-order valence-electron chi connectivity index (χ4n) is 2.19. The Hall–Kier alpha value is -1.06. The summed E-state index contributed by atoms with van der Waals surface area (Å²) in [5.74, 6) is 0.996. The van der Waals surface area contributed by atoms with Crippen molar-refractivity contribution in [2.75, 3.05) is 13.2 Å². The van der Waals surface area contributed by atoms with Gasteiger partial charge in [-0.1, -0.05) is 32.0 Å². The Labute approximate surface area is 109 Å². The van der Waals surface area contributed by atoms with E-state index in [1.54, 1.807) is 0 Å². The van der Waals surface area contributed by atoms with Gasteiger partial charge in [-0.05, 0) is 24.5 Å². The Morgan fingerprint density at radius 1 is 1.33 bits per heavy atom. The van der Waals surface area contributed by atoms with Crippen LogP contribution in [0.15, 0.2) is 24.3 Å². The lowest BCUT2D eigenvalue weighted by atomic mass is 9.96. The second kappa shape index (κ2) is 5.72. The molecule has 3 nitrogen and oxygen atoms in total. The maximum atomic E-state index is 6.20. The standard InChI is InChI=1S/C15H23NO2/c1-3-15(16,4-2)11-17-10-13-9-12-7-5-6-8-14(12)18-13/h5-8,13H,3-4,9-11,16H2,1-2H3. The van der Waals surface area contributed by atoms with Crippen molar-refractivity contribution in [3.63, 3.8) is 0 Å². The van der Waals surface area contributed by atoms with E-state index in [0.29, 0.717) is 13.2 Å². The SMILES string of the molecule is CCC(N)(CC)COCC1Cc2ccccc2O1. The molecular formula is C15H23NO2. The van der Waals surface area contributed by atoms with Crippen LogP contribution in [0, 0.1) is 0 Å². The molecule has 100 valence electrons. The minimum absolute atomic E-state index is 0.139. The molecule has 1 unspecified atom stereocenters. The summed E-state index contributed by atoms with van der Waals surface area (Å²) in [6, 6.07) is 8.17. The molecule has 2 N–H and O–H groups in total. The molecule has 0 spiro atoms. The highest BCUT2D eigenvalue weighted by Crippen LogP contribution is 2.28. The third-order valence-electron chi connectivity index (χ3n) is 3.82. The Kier molecular flexibility index (Phi) is 4.25. The van der Waals surface area contributed by atoms with Crippen LogP contribution in [0.4, 0.5) is 0 Å². The first-order valence-corrected chi connectivity index (χ1v) is 6.78. The van der Waals surface area contributed by atoms with E-state index in [1.165, 1.54) is 5.56 Å². The quantitative estimate of drug-likeness (QED) is 0.842. The average Bonchev–Trinajstić information content (AvgIpc) is 2.81. The molecule has 0 saturated heterocycles. The normalized spacial score (nSPS) is 18.5. The van der Waals surface area contributed by atoms with Gasteiger partial charge in [-0.2, -0.15) is 0 Å². The Morgan fingerprint density at radius 3 is 2.72 bits per heavy atom. The first-order chi connectivity index (χ1) is 8.67. The van der Waals surface area contributed by atoms with Gasteiger partial charge in [0.1, 0.15) is 11.9 Å². The topological polar surface area (TPSA) is 44.5 Å². The fraction of sp³-hybridized carbons (Fsp3) is 0.600. The zero-order chi connectivity index (χ0) is 13.0. The lowest BCUT2D eigenvalue weighted by Gasteiger charge is -2.26. The third kappa shape index (κ3) is 3.03. The number of fused-ring (bicyclic) bond motifs is 1. The number of nitrogens with two attached hydrogens (primary N) is 1. The highest BCUT2D eigenvalue weighted by atomic mass is 16.5. The van der Waals surface area contributed by atoms with Crippen LogP contribution in [0.1, 0.15) is 32.3 Å². The van der Waals surface area contributed by atoms with Gasteiger partial charge in [0.15, 0.2) is 0 Å². The van der Waals surface area contributed by atoms with Gasteiger partial charge >= 0.3 is 0 Å². The van der Waals surface area contributed by atoms with Gasteiger partial charge in [-0.3, -0.25) is 0 Å². The Bertz CT molecular complexity index is 363. The van der Waals surface area contributed by atoms with Crippen molar-refractivity contribution in [1.29, 1.82) is 0 Å². The molecule has 2 rings (SSSR count). The van der Waals surface area contributed by atoms with Crippen molar-refractivity contribution in [3.8, 4) is 5.75 Å². The van der Waals surface area contributed by atoms with Crippen molar-refractivity contribution in [3.05, 3.63) is 29.8 Å². The van der Waals surface area contributed by atoms with Crippen molar-refractivity contribution < 1.29 is 9.47 Å². The first-order valence-electron chi connectivity index (χ1n) is 6.78. The molecule has 3 heteroatoms. The third-order valence-corrected chi connectivity index (χ3v) is 3.82. The van der Waals surface area contributed by atoms with E-state index in [1.807, 2.05) is 18.2 Å². The highest BCUT2D eigenvalue weighted by Gasteiger charge is 2.25. The van der Waals surface area contributed by atoms with E-state index in [-0.39, 0.29) is 11.6 Å². The molecule has 1 aromatic carbocycles. The fourth-order valence-corrected chi connectivity index (χ4v) is 2.19. The van der Waals surface area contributed by atoms with E-state index in [9.17, 15) is 0 Å². The number of benzene rings is 1. The molecule has 0 fully saturated rings. The minimum Gasteiger partial charge on any atom is -0.487 e. The molecule has 0 amide bonds. The molecule has 1 atom stereocenters. The van der Waals surface area contributed by atoms with Crippen molar-refractivity contribution in [2.45, 2.75) is 44.8 Å². The summed E-state index contributed by atoms with van der Waals surface area (Å²) in [4.78, 5) is 0. The number of hydrogen-bond donors (Lipinski definition) is 1. The monoisotopic (exact) mass is 249 g/mol. The van der Waals surface area contributed by atoms with E-state index in [4.69, 9.17) is 15.2 Å². The van der Waals surface area contributed by atoms with Crippen LogP contribution in [0.3, 0.4) is 0 Å². The van der Waals surface area contributed by atoms with Crippen LogP contribution in [0.25, 0.3) is 0 Å². The van der Waals surface area contributed by atoms with Gasteiger partial charge in [-0.25, -0.2) is 0 Å². The van der Waals surface area contributed by atoms with Crippen LogP contribution in [0.2, 0.25) is 0 Å². The summed E-state index contributed by atoms with van der Waals surface area (Å²) in [5, 5.41) is 0. The molecular weight excluding hydrogens is 226 g/mol. The molecule has 0 radical (unpaired) electrons. The molecule has 1 aromatic rings. The molecule has 1 aliphatic heterocycles. The van der Waals surface area contributed by atoms with E-state index in [0.717, 1.165) is 25.0 Å². The van der Waals surface area contributed by atoms with Crippen LogP contribution in [-0.4, -0.2) is 24.9 Å². The lowest BCUT2D eigenvalue weighted by molar-refractivity contribution is 0.0308. The van der Waals surface area contributed by atoms with E-state index < -0.39 is 0 Å². The largest absolute Gasteiger partial charge is 0.487 e. The summed E-state index contributed by atoms with van der Waals surface area (Å²) < 4.78 is 11.6. The number of hydrogen-bond acceptors (Lipinski definition) is 3. The molecule has 0 saturated carbocycles. The summed E-state index contributed by atoms with van der Waals surface area (Å²) in [7, 11) is 0. The molecule has 0 aliphatic carbocycles. The number of ether oxygens (including phenoxy) is 2. The Balaban J connectivity index is 1.77. The minimum atomic E-state index is -0.189. The van der Waals surface area contributed by atoms with Gasteiger partial charge < -0.3 is 15.2 Å². The van der Waals surface area contributed by atoms with E-state index >= 15 is 0 Å². The smallest absolute Gasteiger partial charge is 0.126 e. The molecule has 18 heavy (non-hydrogen) atoms. The maximum Gasteiger partial charge on any atom is 0.126 e. The number of rotatable bonds is 6. The lowest BCUT2D eigenvalue weighted by Crippen LogP contribution is -2.44. The summed E-state index contributed by atoms with van der Waals surface area (Å²) in [5.41, 5.74) is 7.28. The summed E-state index contributed by atoms with van der Waals surface area (Å²) in [6.45, 7) is 5.44. The van der Waals surface area contributed by atoms with Gasteiger partial charge in [0.05, 0.1) is 13.2 Å². The maximum absolute atomic E-state index is 6.20. The van der Waals surface area contributed by atoms with Gasteiger partial charge in [-0.15, -0.1) is 0 Å². The van der Waals surface area contributed by atoms with Gasteiger partial charge in [0, 0.05) is 12.0 Å². The second-order valence-electron chi connectivity index (χ2n) is 5.14. The zero-order valence-electron chi connectivity index (χ0n) is 11.3. The molecule has 1 aliphatic rings. The van der Waals surface area contributed by atoms with Crippen LogP contribution in [0.5, 0.6) is 5.75 Å². The van der Waals surface area contributed by atoms with Gasteiger partial charge in [0.2, 0.25) is 0 Å². The highest BCUT2D eigenvalue weighted by molar-refractivity contribution is 5.37. The van der Waals surface area contributed by atoms with Crippen molar-refractivity contribution in [2.24, 2.45) is 5.73 Å². The zero-order valence-corrected chi connectivity index (χ0v) is 11.3. The second-order valence-corrected chi connectivity index (χ2v) is 5.14. The predicted octanol–water partition coefficient (Wildman–Crippen LogP) is 2.52. The van der Waals surface area contributed by atoms with E-state index in [2.05, 4.69) is 19.9 Å². The first kappa shape index (κ1) is 13.4. The van der Waals surface area contributed by atoms with Crippen molar-refractivity contribution in [1.82, 2.24) is 0 Å². The molecule has 1 heterocycles. The summed E-state index contributed by atoms with van der Waals surface area (Å²) in [6.07, 6.45) is 2.96. The van der Waals surface area contributed by atoms with Crippen LogP contribution in [-0.2, 0) is 11.2 Å². The predicted molar refractivity (Wildman–Crippen MR) is 72.9 cm³/mol. The van der Waals surface area contributed by atoms with Crippen LogP contribution < -0.4 is 10.5 Å². The molecule has 0 bridgehead atoms. The van der Waals surface area contributed by atoms with Crippen LogP contribution >= 0.6 is 0 Å². The van der Waals surface area contributed by atoms with Gasteiger partial charge in [0.25, 0.3) is 0 Å². The van der Waals surface area contributed by atoms with Crippen molar-refractivity contribution >= 4 is 0 Å². The average molecular weight is 249 g/mol. The molecule has 0 aromatic heterocycles. The Morgan fingerprint density at radius 2 is 2.06 bits per heavy atom. The number of para-hydroxylation sites is 1. The summed E-state index contributed by atoms with van der Waals surface area (Å²) >= 11 is 0.